The van der Waals surface area contributed by atoms with Crippen molar-refractivity contribution in [3.05, 3.63) is 58.0 Å². The molecule has 0 saturated heterocycles. The molecule has 2 amide bonds. The number of nitrogens with zero attached hydrogens (tertiary/aromatic N) is 4. The van der Waals surface area contributed by atoms with Crippen molar-refractivity contribution in [3.63, 3.8) is 0 Å². The van der Waals surface area contributed by atoms with E-state index in [-0.39, 0.29) is 37.1 Å². The van der Waals surface area contributed by atoms with Crippen molar-refractivity contribution in [3.8, 4) is 5.75 Å². The molecule has 2 N–H and O–H groups in total. The van der Waals surface area contributed by atoms with Crippen molar-refractivity contribution in [2.45, 2.75) is 26.6 Å². The van der Waals surface area contributed by atoms with E-state index in [1.54, 1.807) is 18.5 Å². The summed E-state index contributed by atoms with van der Waals surface area (Å²) in [6.45, 7) is 3.31. The molecule has 14 heteroatoms. The minimum absolute atomic E-state index is 0.0406. The molecule has 0 aliphatic carbocycles. The molecule has 1 aromatic carbocycles. The molecule has 0 fully saturated rings. The van der Waals surface area contributed by atoms with Gasteiger partial charge in [0, 0.05) is 13.1 Å². The van der Waals surface area contributed by atoms with E-state index in [2.05, 4.69) is 25.9 Å². The normalized spacial score (nSPS) is 11.4. The fourth-order valence-electron chi connectivity index (χ4n) is 2.79. The summed E-state index contributed by atoms with van der Waals surface area (Å²) >= 11 is 6.10. The highest BCUT2D eigenvalue weighted by Gasteiger charge is 2.30. The maximum absolute atomic E-state index is 12.7. The average Bonchev–Trinajstić information content (AvgIpc) is 3.35. The number of carbonyl (C=O) groups excluding carboxylic acids is 2. The lowest BCUT2D eigenvalue weighted by atomic mass is 10.2. The number of halogens is 4. The minimum Gasteiger partial charge on any atom is -0.484 e. The van der Waals surface area contributed by atoms with E-state index in [9.17, 15) is 22.8 Å². The molecule has 182 valence electrons. The van der Waals surface area contributed by atoms with Crippen molar-refractivity contribution in [2.75, 3.05) is 19.7 Å². The predicted molar refractivity (Wildman–Crippen MR) is 112 cm³/mol. The molecule has 2 aromatic heterocycles. The molecule has 0 spiro atoms. The van der Waals surface area contributed by atoms with Crippen LogP contribution in [0.15, 0.2) is 28.8 Å². The van der Waals surface area contributed by atoms with Crippen LogP contribution in [0.2, 0.25) is 5.02 Å². The van der Waals surface area contributed by atoms with Crippen molar-refractivity contribution in [1.82, 2.24) is 30.6 Å². The lowest BCUT2D eigenvalue weighted by Gasteiger charge is -2.10. The van der Waals surface area contributed by atoms with Gasteiger partial charge in [0.15, 0.2) is 12.4 Å². The quantitative estimate of drug-likeness (QED) is 0.433. The zero-order valence-corrected chi connectivity index (χ0v) is 18.8. The Kier molecular flexibility index (Phi) is 7.76. The molecule has 0 unspecified atom stereocenters. The van der Waals surface area contributed by atoms with Crippen LogP contribution in [0.25, 0.3) is 0 Å². The first-order valence-electron chi connectivity index (χ1n) is 9.91. The van der Waals surface area contributed by atoms with Gasteiger partial charge in [-0.3, -0.25) is 14.3 Å². The van der Waals surface area contributed by atoms with Crippen LogP contribution in [0.3, 0.4) is 0 Å². The van der Waals surface area contributed by atoms with Gasteiger partial charge < -0.3 is 19.9 Å². The second kappa shape index (κ2) is 10.5. The highest BCUT2D eigenvalue weighted by atomic mass is 35.5. The van der Waals surface area contributed by atoms with Gasteiger partial charge in [-0.1, -0.05) is 22.8 Å². The van der Waals surface area contributed by atoms with Crippen molar-refractivity contribution in [1.29, 1.82) is 0 Å². The maximum atomic E-state index is 12.7. The zero-order chi connectivity index (χ0) is 24.9. The van der Waals surface area contributed by atoms with Gasteiger partial charge >= 0.3 is 18.0 Å². The average molecular weight is 501 g/mol. The summed E-state index contributed by atoms with van der Waals surface area (Å²) < 4.78 is 49.7. The molecule has 3 aromatic rings. The Morgan fingerprint density at radius 2 is 1.94 bits per heavy atom. The molecule has 34 heavy (non-hydrogen) atoms. The third kappa shape index (κ3) is 6.47. The van der Waals surface area contributed by atoms with Gasteiger partial charge in [0.2, 0.25) is 0 Å². The highest BCUT2D eigenvalue weighted by Crippen LogP contribution is 2.31. The number of carbonyl (C=O) groups is 2. The molecule has 0 aliphatic heterocycles. The number of alkyl halides is 3. The van der Waals surface area contributed by atoms with Crippen LogP contribution < -0.4 is 15.4 Å². The summed E-state index contributed by atoms with van der Waals surface area (Å²) in [6.07, 6.45) is -4.51. The summed E-state index contributed by atoms with van der Waals surface area (Å²) in [5, 5.41) is 13.5. The van der Waals surface area contributed by atoms with Crippen LogP contribution in [0.4, 0.5) is 13.2 Å². The fraction of sp³-hybridized carbons (Fsp3) is 0.350. The second-order valence-electron chi connectivity index (χ2n) is 7.08. The van der Waals surface area contributed by atoms with Crippen LogP contribution in [0, 0.1) is 13.8 Å². The predicted octanol–water partition coefficient (Wildman–Crippen LogP) is 2.53. The van der Waals surface area contributed by atoms with E-state index < -0.39 is 30.2 Å². The van der Waals surface area contributed by atoms with E-state index in [0.29, 0.717) is 10.7 Å². The van der Waals surface area contributed by atoms with Crippen molar-refractivity contribution in [2.24, 2.45) is 0 Å². The molecule has 0 saturated carbocycles. The Morgan fingerprint density at radius 3 is 2.62 bits per heavy atom. The smallest absolute Gasteiger partial charge is 0.416 e. The summed E-state index contributed by atoms with van der Waals surface area (Å²) in [5.74, 6) is -1.34. The van der Waals surface area contributed by atoms with Gasteiger partial charge in [-0.25, -0.2) is 0 Å². The first kappa shape index (κ1) is 25.0. The topological polar surface area (TPSA) is 124 Å². The standard InChI is InChI=1S/C20H20ClF3N6O4/c1-11-17(21)12(2)30(28-11)9-15-27-19(34-29-15)18(32)26-7-6-25-16(31)10-33-14-5-3-4-13(8-14)20(22,23)24/h3-5,8H,6-7,9-10H2,1-2H3,(H,25,31)(H,26,32). The monoisotopic (exact) mass is 500 g/mol. The van der Waals surface area contributed by atoms with Gasteiger partial charge in [-0.15, -0.1) is 0 Å². The number of aryl methyl sites for hydroxylation is 1. The van der Waals surface area contributed by atoms with Gasteiger partial charge in [0.1, 0.15) is 12.3 Å². The van der Waals surface area contributed by atoms with Gasteiger partial charge in [-0.2, -0.15) is 23.3 Å². The number of rotatable bonds is 9. The number of aromatic nitrogens is 4. The van der Waals surface area contributed by atoms with Crippen molar-refractivity contribution >= 4 is 23.4 Å². The lowest BCUT2D eigenvalue weighted by Crippen LogP contribution is -2.36. The lowest BCUT2D eigenvalue weighted by molar-refractivity contribution is -0.137. The van der Waals surface area contributed by atoms with Crippen LogP contribution in [-0.2, 0) is 17.5 Å². The SMILES string of the molecule is Cc1nn(Cc2noc(C(=O)NCCNC(=O)COc3cccc(C(F)(F)F)c3)n2)c(C)c1Cl. The van der Waals surface area contributed by atoms with Crippen molar-refractivity contribution < 1.29 is 32.0 Å². The number of benzene rings is 1. The summed E-state index contributed by atoms with van der Waals surface area (Å²) in [6, 6.07) is 4.19. The Hall–Kier alpha value is -3.61. The number of hydrogen-bond donors (Lipinski definition) is 2. The van der Waals surface area contributed by atoms with Crippen LogP contribution in [0.5, 0.6) is 5.75 Å². The Morgan fingerprint density at radius 1 is 1.21 bits per heavy atom. The van der Waals surface area contributed by atoms with E-state index in [1.165, 1.54) is 12.1 Å². The zero-order valence-electron chi connectivity index (χ0n) is 18.1. The molecular formula is C20H20ClF3N6O4. The van der Waals surface area contributed by atoms with Gasteiger partial charge in [0.05, 0.1) is 22.0 Å². The molecule has 0 atom stereocenters. The van der Waals surface area contributed by atoms with Gasteiger partial charge in [0.25, 0.3) is 5.91 Å². The summed E-state index contributed by atoms with van der Waals surface area (Å²) in [4.78, 5) is 27.9. The molecule has 0 bridgehead atoms. The van der Waals surface area contributed by atoms with E-state index in [1.807, 2.05) is 0 Å². The first-order chi connectivity index (χ1) is 16.0. The number of ether oxygens (including phenoxy) is 1. The fourth-order valence-corrected chi connectivity index (χ4v) is 2.92. The Bertz CT molecular complexity index is 1180. The molecular weight excluding hydrogens is 481 g/mol. The highest BCUT2D eigenvalue weighted by molar-refractivity contribution is 6.31. The maximum Gasteiger partial charge on any atom is 0.416 e. The van der Waals surface area contributed by atoms with Crippen LogP contribution in [-0.4, -0.2) is 51.4 Å². The third-order valence-electron chi connectivity index (χ3n) is 4.51. The largest absolute Gasteiger partial charge is 0.484 e. The Labute approximate surface area is 196 Å². The minimum atomic E-state index is -4.51. The summed E-state index contributed by atoms with van der Waals surface area (Å²) in [5.41, 5.74) is 0.501. The molecule has 2 heterocycles. The molecule has 0 radical (unpaired) electrons. The molecule has 10 nitrogen and oxygen atoms in total. The molecule has 0 aliphatic rings. The molecule has 3 rings (SSSR count). The Balaban J connectivity index is 1.39. The first-order valence-corrected chi connectivity index (χ1v) is 10.3. The van der Waals surface area contributed by atoms with E-state index >= 15 is 0 Å². The third-order valence-corrected chi connectivity index (χ3v) is 5.06. The summed E-state index contributed by atoms with van der Waals surface area (Å²) in [7, 11) is 0. The van der Waals surface area contributed by atoms with Gasteiger partial charge in [-0.05, 0) is 32.0 Å². The number of amides is 2. The number of hydrogen-bond acceptors (Lipinski definition) is 7. The number of nitrogens with one attached hydrogen (secondary N) is 2. The second-order valence-corrected chi connectivity index (χ2v) is 7.46. The van der Waals surface area contributed by atoms with Crippen LogP contribution >= 0.6 is 11.6 Å². The van der Waals surface area contributed by atoms with Crippen LogP contribution in [0.1, 0.15) is 33.5 Å². The van der Waals surface area contributed by atoms with E-state index in [4.69, 9.17) is 20.9 Å². The van der Waals surface area contributed by atoms with E-state index in [0.717, 1.165) is 17.8 Å².